The first-order valence-corrected chi connectivity index (χ1v) is 8.04. The smallest absolute Gasteiger partial charge is 0.318 e. The molecule has 0 aliphatic carbocycles. The van der Waals surface area contributed by atoms with Crippen LogP contribution in [0.5, 0.6) is 0 Å². The van der Waals surface area contributed by atoms with E-state index in [4.69, 9.17) is 5.73 Å². The van der Waals surface area contributed by atoms with Crippen molar-refractivity contribution in [1.29, 1.82) is 0 Å². The van der Waals surface area contributed by atoms with Crippen molar-refractivity contribution in [3.05, 3.63) is 11.1 Å². The zero-order valence-electron chi connectivity index (χ0n) is 12.8. The van der Waals surface area contributed by atoms with Crippen molar-refractivity contribution in [2.45, 2.75) is 32.4 Å². The molecule has 4 amide bonds. The lowest BCUT2D eigenvalue weighted by molar-refractivity contribution is -0.128. The number of hydrogen-bond donors (Lipinski definition) is 4. The average molecular weight is 338 g/mol. The van der Waals surface area contributed by atoms with Gasteiger partial charge >= 0.3 is 6.03 Å². The Labute approximate surface area is 136 Å². The molecule has 1 aromatic heterocycles. The molecule has 3 heterocycles. The number of fused-ring (bicyclic) bond motifs is 2. The van der Waals surface area contributed by atoms with E-state index in [9.17, 15) is 14.4 Å². The number of piperidine rings is 1. The molecule has 3 rings (SSSR count). The van der Waals surface area contributed by atoms with Crippen molar-refractivity contribution in [2.75, 3.05) is 12.3 Å². The van der Waals surface area contributed by atoms with Crippen molar-refractivity contribution in [2.24, 2.45) is 5.41 Å². The monoisotopic (exact) mass is 338 g/mol. The van der Waals surface area contributed by atoms with Crippen molar-refractivity contribution >= 4 is 34.3 Å². The minimum absolute atomic E-state index is 0.0339. The lowest BCUT2D eigenvalue weighted by Gasteiger charge is -2.40. The number of aromatic nitrogens is 1. The molecule has 2 fully saturated rings. The minimum atomic E-state index is -0.621. The Morgan fingerprint density at radius 1 is 1.48 bits per heavy atom. The Kier molecular flexibility index (Phi) is 3.63. The molecule has 5 N–H and O–H groups in total. The van der Waals surface area contributed by atoms with Gasteiger partial charge in [-0.1, -0.05) is 13.8 Å². The van der Waals surface area contributed by atoms with Crippen LogP contribution in [0.15, 0.2) is 5.38 Å². The number of carbonyl (C=O) groups excluding carboxylic acids is 3. The molecule has 1 aromatic rings. The summed E-state index contributed by atoms with van der Waals surface area (Å²) in [6.45, 7) is 4.51. The van der Waals surface area contributed by atoms with Gasteiger partial charge in [0, 0.05) is 11.9 Å². The molecule has 2 saturated heterocycles. The quantitative estimate of drug-likeness (QED) is 0.549. The Morgan fingerprint density at radius 3 is 2.87 bits per heavy atom. The lowest BCUT2D eigenvalue weighted by atomic mass is 9.76. The van der Waals surface area contributed by atoms with Gasteiger partial charge in [-0.15, -0.1) is 11.3 Å². The predicted octanol–water partition coefficient (Wildman–Crippen LogP) is -0.321. The van der Waals surface area contributed by atoms with E-state index in [1.54, 1.807) is 0 Å². The number of thiazole rings is 1. The van der Waals surface area contributed by atoms with Gasteiger partial charge in [0.2, 0.25) is 0 Å². The first-order chi connectivity index (χ1) is 10.8. The van der Waals surface area contributed by atoms with Crippen LogP contribution in [0.1, 0.15) is 30.8 Å². The molecular weight excluding hydrogens is 320 g/mol. The average Bonchev–Trinajstić information content (AvgIpc) is 3.06. The summed E-state index contributed by atoms with van der Waals surface area (Å²) in [5.74, 6) is -0.977. The van der Waals surface area contributed by atoms with E-state index in [1.807, 2.05) is 13.8 Å². The Bertz CT molecular complexity index is 672. The number of amides is 4. The number of anilines is 1. The number of nitrogens with zero attached hydrogens (tertiary/aromatic N) is 2. The van der Waals surface area contributed by atoms with Crippen molar-refractivity contribution in [3.63, 3.8) is 0 Å². The molecule has 0 saturated carbocycles. The molecule has 23 heavy (non-hydrogen) atoms. The number of rotatable bonds is 2. The largest absolute Gasteiger partial charge is 0.375 e. The summed E-state index contributed by atoms with van der Waals surface area (Å²) >= 11 is 1.14. The molecule has 10 heteroatoms. The third kappa shape index (κ3) is 2.81. The molecule has 2 aliphatic rings. The second kappa shape index (κ2) is 5.37. The van der Waals surface area contributed by atoms with Crippen molar-refractivity contribution in [1.82, 2.24) is 26.1 Å². The standard InChI is InChI=1S/C13H18N6O3S/c1-13(2)3-7(19-4-8(13)16-12(19)22)10(21)18-17-9(20)6-5-23-11(14)15-6/h5,7-8H,3-4H2,1-2H3,(H2,14,15)(H,16,22)(H,17,20)(H,18,21). The second-order valence-corrected chi connectivity index (χ2v) is 7.27. The van der Waals surface area contributed by atoms with E-state index in [0.717, 1.165) is 11.3 Å². The normalized spacial score (nSPS) is 25.0. The van der Waals surface area contributed by atoms with E-state index in [2.05, 4.69) is 21.2 Å². The number of carbonyl (C=O) groups is 3. The highest BCUT2D eigenvalue weighted by Gasteiger charge is 2.50. The fourth-order valence-electron chi connectivity index (χ4n) is 2.91. The summed E-state index contributed by atoms with van der Waals surface area (Å²) in [5, 5.41) is 4.65. The van der Waals surface area contributed by atoms with Crippen LogP contribution in [0.4, 0.5) is 9.93 Å². The Balaban J connectivity index is 1.64. The van der Waals surface area contributed by atoms with Gasteiger partial charge in [0.1, 0.15) is 11.7 Å². The summed E-state index contributed by atoms with van der Waals surface area (Å²) in [6, 6.07) is -0.837. The summed E-state index contributed by atoms with van der Waals surface area (Å²) in [4.78, 5) is 41.5. The van der Waals surface area contributed by atoms with Gasteiger partial charge in [-0.2, -0.15) is 0 Å². The summed E-state index contributed by atoms with van der Waals surface area (Å²) in [6.07, 6.45) is 0.516. The molecule has 0 spiro atoms. The van der Waals surface area contributed by atoms with Gasteiger partial charge in [-0.3, -0.25) is 20.4 Å². The van der Waals surface area contributed by atoms with Gasteiger partial charge in [-0.25, -0.2) is 9.78 Å². The second-order valence-electron chi connectivity index (χ2n) is 6.38. The van der Waals surface area contributed by atoms with E-state index in [1.165, 1.54) is 10.3 Å². The fourth-order valence-corrected chi connectivity index (χ4v) is 3.45. The van der Waals surface area contributed by atoms with Gasteiger partial charge in [0.05, 0.1) is 6.04 Å². The van der Waals surface area contributed by atoms with Gasteiger partial charge < -0.3 is 16.0 Å². The summed E-state index contributed by atoms with van der Waals surface area (Å²) in [5.41, 5.74) is 10.1. The van der Waals surface area contributed by atoms with E-state index in [-0.39, 0.29) is 28.3 Å². The number of nitrogens with two attached hydrogens (primary N) is 1. The zero-order chi connectivity index (χ0) is 16.8. The number of nitrogen functional groups attached to an aromatic ring is 1. The zero-order valence-corrected chi connectivity index (χ0v) is 13.6. The topological polar surface area (TPSA) is 129 Å². The van der Waals surface area contributed by atoms with E-state index < -0.39 is 17.9 Å². The highest BCUT2D eigenvalue weighted by Crippen LogP contribution is 2.37. The van der Waals surface area contributed by atoms with Gasteiger partial charge in [0.25, 0.3) is 11.8 Å². The summed E-state index contributed by atoms with van der Waals surface area (Å²) in [7, 11) is 0. The number of nitrogens with one attached hydrogen (secondary N) is 3. The van der Waals surface area contributed by atoms with Crippen LogP contribution in [-0.2, 0) is 4.79 Å². The number of hydrogen-bond acceptors (Lipinski definition) is 6. The first-order valence-electron chi connectivity index (χ1n) is 7.16. The number of hydrazine groups is 1. The molecule has 124 valence electrons. The van der Waals surface area contributed by atoms with Crippen molar-refractivity contribution < 1.29 is 14.4 Å². The molecule has 2 unspecified atom stereocenters. The van der Waals surface area contributed by atoms with Crippen LogP contribution in [0, 0.1) is 5.41 Å². The van der Waals surface area contributed by atoms with Crippen LogP contribution in [0.3, 0.4) is 0 Å². The first kappa shape index (κ1) is 15.5. The SMILES string of the molecule is CC1(C)CC(C(=O)NNC(=O)c2csc(N)n2)N2CC1NC2=O. The number of urea groups is 1. The molecule has 9 nitrogen and oxygen atoms in total. The molecule has 2 aliphatic heterocycles. The molecule has 2 bridgehead atoms. The highest BCUT2D eigenvalue weighted by atomic mass is 32.1. The molecular formula is C13H18N6O3S. The predicted molar refractivity (Wildman–Crippen MR) is 83.3 cm³/mol. The van der Waals surface area contributed by atoms with Crippen LogP contribution < -0.4 is 21.9 Å². The van der Waals surface area contributed by atoms with E-state index in [0.29, 0.717) is 13.0 Å². The maximum Gasteiger partial charge on any atom is 0.318 e. The summed E-state index contributed by atoms with van der Waals surface area (Å²) < 4.78 is 0. The fraction of sp³-hybridized carbons (Fsp3) is 0.538. The van der Waals surface area contributed by atoms with Crippen LogP contribution in [0.25, 0.3) is 0 Å². The maximum atomic E-state index is 12.4. The Hall–Kier alpha value is -2.36. The van der Waals surface area contributed by atoms with Crippen molar-refractivity contribution in [3.8, 4) is 0 Å². The van der Waals surface area contributed by atoms with E-state index >= 15 is 0 Å². The van der Waals surface area contributed by atoms with Gasteiger partial charge in [-0.05, 0) is 11.8 Å². The van der Waals surface area contributed by atoms with Crippen LogP contribution >= 0.6 is 11.3 Å². The van der Waals surface area contributed by atoms with Gasteiger partial charge in [0.15, 0.2) is 5.13 Å². The molecule has 0 aromatic carbocycles. The molecule has 2 atom stereocenters. The Morgan fingerprint density at radius 2 is 2.22 bits per heavy atom. The van der Waals surface area contributed by atoms with Crippen LogP contribution in [-0.4, -0.2) is 46.4 Å². The molecule has 0 radical (unpaired) electrons. The highest BCUT2D eigenvalue weighted by molar-refractivity contribution is 7.13. The maximum absolute atomic E-state index is 12.4. The lowest BCUT2D eigenvalue weighted by Crippen LogP contribution is -2.57. The minimum Gasteiger partial charge on any atom is -0.375 e. The van der Waals surface area contributed by atoms with Crippen LogP contribution in [0.2, 0.25) is 0 Å². The third-order valence-corrected chi connectivity index (χ3v) is 5.01. The third-order valence-electron chi connectivity index (χ3n) is 4.33.